The van der Waals surface area contributed by atoms with Crippen molar-refractivity contribution in [1.29, 1.82) is 0 Å². The number of nitrogens with zero attached hydrogens (tertiary/aromatic N) is 2. The number of esters is 1. The Morgan fingerprint density at radius 1 is 1.83 bits per heavy atom. The zero-order chi connectivity index (χ0) is 8.97. The van der Waals surface area contributed by atoms with Gasteiger partial charge in [-0.3, -0.25) is 0 Å². The van der Waals surface area contributed by atoms with E-state index in [9.17, 15) is 4.79 Å². The van der Waals surface area contributed by atoms with Crippen LogP contribution in [0.4, 0.5) is 0 Å². The Balaban J connectivity index is 2.93. The van der Waals surface area contributed by atoms with Gasteiger partial charge in [-0.25, -0.2) is 9.17 Å². The molecule has 0 aromatic carbocycles. The summed E-state index contributed by atoms with van der Waals surface area (Å²) in [6.45, 7) is 0. The van der Waals surface area contributed by atoms with E-state index in [0.717, 1.165) is 11.5 Å². The van der Waals surface area contributed by atoms with Gasteiger partial charge in [0.1, 0.15) is 0 Å². The van der Waals surface area contributed by atoms with E-state index in [0.29, 0.717) is 5.56 Å². The molecule has 0 aliphatic rings. The average molecular weight is 186 g/mol. The fourth-order valence-corrected chi connectivity index (χ4v) is 1.16. The molecule has 1 N–H and O–H groups in total. The third kappa shape index (κ3) is 1.59. The molecule has 1 rings (SSSR count). The molecule has 64 valence electrons. The van der Waals surface area contributed by atoms with Crippen LogP contribution in [-0.4, -0.2) is 28.4 Å². The number of oxime groups is 1. The Hall–Kier alpha value is -1.43. The van der Waals surface area contributed by atoms with Crippen LogP contribution >= 0.6 is 11.5 Å². The number of hydrogen-bond donors (Lipinski definition) is 1. The molecule has 6 heteroatoms. The van der Waals surface area contributed by atoms with Gasteiger partial charge in [0.2, 0.25) is 0 Å². The smallest absolute Gasteiger partial charge is 0.360 e. The van der Waals surface area contributed by atoms with Crippen LogP contribution in [0, 0.1) is 0 Å². The molecule has 0 radical (unpaired) electrons. The molecule has 1 heterocycles. The fraction of sp³-hybridized carbons (Fsp3) is 0.167. The first-order valence-electron chi connectivity index (χ1n) is 2.99. The lowest BCUT2D eigenvalue weighted by Gasteiger charge is -1.96. The first-order chi connectivity index (χ1) is 5.79. The summed E-state index contributed by atoms with van der Waals surface area (Å²) in [4.78, 5) is 10.9. The van der Waals surface area contributed by atoms with Crippen molar-refractivity contribution in [2.24, 2.45) is 5.16 Å². The van der Waals surface area contributed by atoms with Gasteiger partial charge in [0, 0.05) is 10.9 Å². The number of aromatic nitrogens is 1. The number of hydrogen-bond acceptors (Lipinski definition) is 6. The first kappa shape index (κ1) is 8.66. The highest BCUT2D eigenvalue weighted by Gasteiger charge is 2.15. The van der Waals surface area contributed by atoms with Crippen LogP contribution in [0.2, 0.25) is 0 Å². The van der Waals surface area contributed by atoms with Crippen LogP contribution in [0.15, 0.2) is 16.7 Å². The minimum Gasteiger partial charge on any atom is -0.464 e. The highest BCUT2D eigenvalue weighted by Crippen LogP contribution is 2.04. The number of methoxy groups -OCH3 is 1. The van der Waals surface area contributed by atoms with Gasteiger partial charge in [0.25, 0.3) is 0 Å². The Kier molecular flexibility index (Phi) is 2.76. The molecule has 0 aliphatic heterocycles. The second kappa shape index (κ2) is 3.82. The molecular formula is C6H6N2O3S. The van der Waals surface area contributed by atoms with E-state index in [1.54, 1.807) is 5.38 Å². The lowest BCUT2D eigenvalue weighted by atomic mass is 10.2. The third-order valence-corrected chi connectivity index (χ3v) is 1.77. The van der Waals surface area contributed by atoms with E-state index < -0.39 is 5.97 Å². The molecule has 0 atom stereocenters. The zero-order valence-corrected chi connectivity index (χ0v) is 7.04. The lowest BCUT2D eigenvalue weighted by molar-refractivity contribution is -0.132. The summed E-state index contributed by atoms with van der Waals surface area (Å²) in [5.74, 6) is -0.683. The molecule has 0 amide bonds. The SMILES string of the molecule is COC(=O)/C(=N/O)c1cnsc1. The third-order valence-electron chi connectivity index (χ3n) is 1.18. The second-order valence-electron chi connectivity index (χ2n) is 1.85. The summed E-state index contributed by atoms with van der Waals surface area (Å²) in [6.07, 6.45) is 1.43. The molecular weight excluding hydrogens is 180 g/mol. The molecule has 1 aromatic rings. The maximum atomic E-state index is 10.9. The van der Waals surface area contributed by atoms with E-state index in [-0.39, 0.29) is 5.71 Å². The van der Waals surface area contributed by atoms with Crippen molar-refractivity contribution >= 4 is 23.2 Å². The molecule has 0 bridgehead atoms. The summed E-state index contributed by atoms with van der Waals surface area (Å²) < 4.78 is 8.12. The number of carbonyl (C=O) groups is 1. The molecule has 0 aliphatic carbocycles. The van der Waals surface area contributed by atoms with E-state index in [2.05, 4.69) is 14.3 Å². The number of rotatable bonds is 2. The van der Waals surface area contributed by atoms with Crippen LogP contribution < -0.4 is 0 Å². The van der Waals surface area contributed by atoms with Gasteiger partial charge in [-0.15, -0.1) is 0 Å². The maximum absolute atomic E-state index is 10.9. The summed E-state index contributed by atoms with van der Waals surface area (Å²) in [6, 6.07) is 0. The molecule has 0 unspecified atom stereocenters. The predicted octanol–water partition coefficient (Wildman–Crippen LogP) is 0.494. The average Bonchev–Trinajstić information content (AvgIpc) is 2.58. The van der Waals surface area contributed by atoms with Crippen LogP contribution in [0.3, 0.4) is 0 Å². The predicted molar refractivity (Wildman–Crippen MR) is 42.5 cm³/mol. The van der Waals surface area contributed by atoms with Gasteiger partial charge in [0.05, 0.1) is 13.3 Å². The van der Waals surface area contributed by atoms with Crippen LogP contribution in [0.1, 0.15) is 5.56 Å². The van der Waals surface area contributed by atoms with Crippen molar-refractivity contribution in [2.45, 2.75) is 0 Å². The summed E-state index contributed by atoms with van der Waals surface area (Å²) in [7, 11) is 1.22. The molecule has 0 spiro atoms. The highest BCUT2D eigenvalue weighted by molar-refractivity contribution is 7.03. The second-order valence-corrected chi connectivity index (χ2v) is 2.51. The van der Waals surface area contributed by atoms with Crippen LogP contribution in [0.5, 0.6) is 0 Å². The van der Waals surface area contributed by atoms with Gasteiger partial charge in [-0.2, -0.15) is 0 Å². The van der Waals surface area contributed by atoms with Crippen molar-refractivity contribution < 1.29 is 14.7 Å². The van der Waals surface area contributed by atoms with Crippen molar-refractivity contribution in [3.63, 3.8) is 0 Å². The Morgan fingerprint density at radius 2 is 2.58 bits per heavy atom. The normalized spacial score (nSPS) is 11.2. The molecule has 5 nitrogen and oxygen atoms in total. The van der Waals surface area contributed by atoms with E-state index in [1.165, 1.54) is 13.3 Å². The first-order valence-corrected chi connectivity index (χ1v) is 3.83. The monoisotopic (exact) mass is 186 g/mol. The summed E-state index contributed by atoms with van der Waals surface area (Å²) >= 11 is 1.16. The quantitative estimate of drug-likeness (QED) is 0.316. The van der Waals surface area contributed by atoms with Crippen LogP contribution in [-0.2, 0) is 9.53 Å². The van der Waals surface area contributed by atoms with Gasteiger partial charge >= 0.3 is 5.97 Å². The highest BCUT2D eigenvalue weighted by atomic mass is 32.1. The summed E-state index contributed by atoms with van der Waals surface area (Å²) in [5.41, 5.74) is 0.320. The van der Waals surface area contributed by atoms with Gasteiger partial charge in [-0.05, 0) is 11.5 Å². The molecule has 0 fully saturated rings. The van der Waals surface area contributed by atoms with Crippen molar-refractivity contribution in [1.82, 2.24) is 4.37 Å². The molecule has 1 aromatic heterocycles. The molecule has 12 heavy (non-hydrogen) atoms. The number of carbonyl (C=O) groups excluding carboxylic acids is 1. The maximum Gasteiger partial charge on any atom is 0.360 e. The number of ether oxygens (including phenoxy) is 1. The summed E-state index contributed by atoms with van der Waals surface area (Å²) in [5, 5.41) is 12.9. The lowest BCUT2D eigenvalue weighted by Crippen LogP contribution is -2.16. The van der Waals surface area contributed by atoms with E-state index >= 15 is 0 Å². The standard InChI is InChI=1S/C6H6N2O3S/c1-11-6(9)5(8-10)4-2-7-12-3-4/h2-3,10H,1H3/b8-5+. The van der Waals surface area contributed by atoms with Crippen LogP contribution in [0.25, 0.3) is 0 Å². The van der Waals surface area contributed by atoms with Gasteiger partial charge in [-0.1, -0.05) is 5.16 Å². The minimum atomic E-state index is -0.683. The minimum absolute atomic E-state index is 0.133. The Morgan fingerprint density at radius 3 is 3.00 bits per heavy atom. The van der Waals surface area contributed by atoms with Gasteiger partial charge in [0.15, 0.2) is 5.71 Å². The Labute approximate surface area is 72.4 Å². The molecule has 0 saturated carbocycles. The van der Waals surface area contributed by atoms with E-state index in [4.69, 9.17) is 5.21 Å². The largest absolute Gasteiger partial charge is 0.464 e. The van der Waals surface area contributed by atoms with Crippen molar-refractivity contribution in [2.75, 3.05) is 7.11 Å². The van der Waals surface area contributed by atoms with Crippen molar-refractivity contribution in [3.05, 3.63) is 17.1 Å². The fourth-order valence-electron chi connectivity index (χ4n) is 0.635. The zero-order valence-electron chi connectivity index (χ0n) is 6.22. The van der Waals surface area contributed by atoms with Crippen molar-refractivity contribution in [3.8, 4) is 0 Å². The van der Waals surface area contributed by atoms with E-state index in [1.807, 2.05) is 0 Å². The topological polar surface area (TPSA) is 71.8 Å². The Bertz CT molecular complexity index is 294. The molecule has 0 saturated heterocycles. The van der Waals surface area contributed by atoms with Gasteiger partial charge < -0.3 is 9.94 Å².